The lowest BCUT2D eigenvalue weighted by atomic mass is 9.92. The Kier molecular flexibility index (Phi) is 6.75. The summed E-state index contributed by atoms with van der Waals surface area (Å²) in [6.45, 7) is 2.74. The Balaban J connectivity index is 1.87. The topological polar surface area (TPSA) is 67.9 Å². The van der Waals surface area contributed by atoms with E-state index in [0.29, 0.717) is 18.0 Å². The molecule has 6 nitrogen and oxygen atoms in total. The lowest BCUT2D eigenvalue weighted by molar-refractivity contribution is -0.129. The number of hydrogen-bond acceptors (Lipinski definition) is 4. The summed E-state index contributed by atoms with van der Waals surface area (Å²) in [5.74, 6) is 0.813. The van der Waals surface area contributed by atoms with Gasteiger partial charge >= 0.3 is 0 Å². The molecule has 29 heavy (non-hydrogen) atoms. The maximum atomic E-state index is 13.1. The van der Waals surface area contributed by atoms with E-state index >= 15 is 0 Å². The monoisotopic (exact) mass is 396 g/mol. The number of methoxy groups -OCH3 is 2. The summed E-state index contributed by atoms with van der Waals surface area (Å²) in [5, 5.41) is 2.96. The molecule has 2 aromatic carbocycles. The van der Waals surface area contributed by atoms with E-state index in [1.54, 1.807) is 20.3 Å². The summed E-state index contributed by atoms with van der Waals surface area (Å²) in [7, 11) is 3.20. The maximum absolute atomic E-state index is 13.1. The zero-order chi connectivity index (χ0) is 20.8. The van der Waals surface area contributed by atoms with Crippen molar-refractivity contribution in [2.75, 3.05) is 26.1 Å². The zero-order valence-corrected chi connectivity index (χ0v) is 17.2. The molecule has 2 atom stereocenters. The van der Waals surface area contributed by atoms with Crippen LogP contribution in [0, 0.1) is 5.92 Å². The number of amides is 2. The van der Waals surface area contributed by atoms with Crippen molar-refractivity contribution in [2.45, 2.75) is 32.2 Å². The molecule has 0 saturated carbocycles. The van der Waals surface area contributed by atoms with E-state index in [0.717, 1.165) is 24.2 Å². The van der Waals surface area contributed by atoms with Crippen molar-refractivity contribution >= 4 is 17.5 Å². The molecule has 0 aliphatic carbocycles. The highest BCUT2D eigenvalue weighted by molar-refractivity contribution is 5.98. The summed E-state index contributed by atoms with van der Waals surface area (Å²) in [4.78, 5) is 27.7. The van der Waals surface area contributed by atoms with Crippen molar-refractivity contribution in [3.63, 3.8) is 0 Å². The molecule has 0 bridgehead atoms. The molecule has 6 heteroatoms. The van der Waals surface area contributed by atoms with Crippen molar-refractivity contribution in [3.8, 4) is 11.5 Å². The van der Waals surface area contributed by atoms with Gasteiger partial charge in [0.2, 0.25) is 11.8 Å². The van der Waals surface area contributed by atoms with Gasteiger partial charge in [-0.15, -0.1) is 0 Å². The maximum Gasteiger partial charge on any atom is 0.230 e. The fraction of sp³-hybridized carbons (Fsp3) is 0.391. The first-order valence-corrected chi connectivity index (χ1v) is 9.95. The minimum Gasteiger partial charge on any atom is -0.497 e. The summed E-state index contributed by atoms with van der Waals surface area (Å²) < 4.78 is 10.5. The minimum atomic E-state index is -0.459. The highest BCUT2D eigenvalue weighted by atomic mass is 16.5. The smallest absolute Gasteiger partial charge is 0.230 e. The Hall–Kier alpha value is -3.02. The van der Waals surface area contributed by atoms with E-state index in [1.807, 2.05) is 47.4 Å². The fourth-order valence-corrected chi connectivity index (χ4v) is 3.77. The van der Waals surface area contributed by atoms with Crippen LogP contribution in [0.5, 0.6) is 11.5 Å². The van der Waals surface area contributed by atoms with Crippen molar-refractivity contribution in [1.29, 1.82) is 0 Å². The second-order valence-electron chi connectivity index (χ2n) is 7.19. The Bertz CT molecular complexity index is 850. The quantitative estimate of drug-likeness (QED) is 0.731. The molecule has 0 aromatic heterocycles. The number of carbonyl (C=O) groups excluding carboxylic acids is 2. The van der Waals surface area contributed by atoms with Gasteiger partial charge in [0.05, 0.1) is 26.2 Å². The van der Waals surface area contributed by atoms with Crippen molar-refractivity contribution < 1.29 is 19.1 Å². The van der Waals surface area contributed by atoms with Crippen LogP contribution in [0.1, 0.15) is 37.8 Å². The zero-order valence-electron chi connectivity index (χ0n) is 17.2. The van der Waals surface area contributed by atoms with Crippen LogP contribution in [0.4, 0.5) is 5.69 Å². The van der Waals surface area contributed by atoms with Crippen LogP contribution in [0.3, 0.4) is 0 Å². The van der Waals surface area contributed by atoms with Gasteiger partial charge in [0, 0.05) is 24.7 Å². The number of benzene rings is 2. The molecule has 2 unspecified atom stereocenters. The molecule has 0 spiro atoms. The number of hydrogen-bond donors (Lipinski definition) is 1. The van der Waals surface area contributed by atoms with Gasteiger partial charge in [-0.25, -0.2) is 0 Å². The van der Waals surface area contributed by atoms with Crippen LogP contribution in [-0.4, -0.2) is 37.5 Å². The predicted molar refractivity (Wildman–Crippen MR) is 112 cm³/mol. The fourth-order valence-electron chi connectivity index (χ4n) is 3.77. The molecule has 1 saturated heterocycles. The van der Waals surface area contributed by atoms with E-state index in [-0.39, 0.29) is 24.3 Å². The minimum absolute atomic E-state index is 0.0186. The van der Waals surface area contributed by atoms with Gasteiger partial charge in [-0.3, -0.25) is 9.59 Å². The van der Waals surface area contributed by atoms with Gasteiger partial charge in [-0.2, -0.15) is 0 Å². The Morgan fingerprint density at radius 1 is 1.10 bits per heavy atom. The average Bonchev–Trinajstić information content (AvgIpc) is 3.08. The van der Waals surface area contributed by atoms with E-state index in [4.69, 9.17) is 9.47 Å². The number of nitrogens with zero attached hydrogens (tertiary/aromatic N) is 1. The molecule has 2 amide bonds. The molecule has 1 aliphatic rings. The first-order valence-electron chi connectivity index (χ1n) is 9.95. The Morgan fingerprint density at radius 2 is 1.83 bits per heavy atom. The number of likely N-dealkylation sites (tertiary alicyclic amines) is 1. The largest absolute Gasteiger partial charge is 0.497 e. The summed E-state index contributed by atoms with van der Waals surface area (Å²) in [6.07, 6.45) is 2.10. The van der Waals surface area contributed by atoms with Crippen LogP contribution >= 0.6 is 0 Å². The van der Waals surface area contributed by atoms with Crippen LogP contribution in [0.2, 0.25) is 0 Å². The number of ether oxygens (including phenoxy) is 2. The van der Waals surface area contributed by atoms with Crippen molar-refractivity contribution in [1.82, 2.24) is 4.90 Å². The van der Waals surface area contributed by atoms with E-state index in [2.05, 4.69) is 12.2 Å². The van der Waals surface area contributed by atoms with Crippen LogP contribution in [-0.2, 0) is 9.59 Å². The lowest BCUT2D eigenvalue weighted by Crippen LogP contribution is -2.33. The molecule has 154 valence electrons. The molecule has 1 aliphatic heterocycles. The molecule has 3 rings (SSSR count). The SMILES string of the molecule is CCCCN1C(=O)CC(C(=O)Nc2cccc(OC)c2)C1c1ccc(OC)cc1. The summed E-state index contributed by atoms with van der Waals surface area (Å²) in [5.41, 5.74) is 1.60. The normalized spacial score (nSPS) is 18.6. The Morgan fingerprint density at radius 3 is 2.48 bits per heavy atom. The number of unbranched alkanes of at least 4 members (excludes halogenated alkanes) is 1. The highest BCUT2D eigenvalue weighted by Gasteiger charge is 2.44. The van der Waals surface area contributed by atoms with Crippen molar-refractivity contribution in [3.05, 3.63) is 54.1 Å². The lowest BCUT2D eigenvalue weighted by Gasteiger charge is -2.28. The van der Waals surface area contributed by atoms with E-state index in [1.165, 1.54) is 0 Å². The molecule has 1 fully saturated rings. The Labute approximate surface area is 171 Å². The summed E-state index contributed by atoms with van der Waals surface area (Å²) >= 11 is 0. The van der Waals surface area contributed by atoms with Crippen LogP contribution < -0.4 is 14.8 Å². The molecule has 2 aromatic rings. The van der Waals surface area contributed by atoms with Crippen LogP contribution in [0.25, 0.3) is 0 Å². The molecular weight excluding hydrogens is 368 g/mol. The molecule has 1 N–H and O–H groups in total. The first kappa shape index (κ1) is 20.7. The average molecular weight is 396 g/mol. The second kappa shape index (κ2) is 9.45. The number of carbonyl (C=O) groups is 2. The third kappa shape index (κ3) is 4.70. The second-order valence-corrected chi connectivity index (χ2v) is 7.19. The van der Waals surface area contributed by atoms with E-state index in [9.17, 15) is 9.59 Å². The number of anilines is 1. The van der Waals surface area contributed by atoms with Gasteiger partial charge in [-0.1, -0.05) is 31.5 Å². The van der Waals surface area contributed by atoms with Gasteiger partial charge in [-0.05, 0) is 36.2 Å². The predicted octanol–water partition coefficient (Wildman–Crippen LogP) is 4.03. The van der Waals surface area contributed by atoms with Gasteiger partial charge < -0.3 is 19.7 Å². The molecular formula is C23H28N2O4. The standard InChI is InChI=1S/C23H28N2O4/c1-4-5-13-25-21(26)15-20(22(25)16-9-11-18(28-2)12-10-16)23(27)24-17-7-6-8-19(14-17)29-3/h6-12,14,20,22H,4-5,13,15H2,1-3H3,(H,24,27). The third-order valence-corrected chi connectivity index (χ3v) is 5.32. The molecule has 0 radical (unpaired) electrons. The van der Waals surface area contributed by atoms with Crippen LogP contribution in [0.15, 0.2) is 48.5 Å². The number of rotatable bonds is 8. The summed E-state index contributed by atoms with van der Waals surface area (Å²) in [6, 6.07) is 14.6. The molecule has 1 heterocycles. The highest BCUT2D eigenvalue weighted by Crippen LogP contribution is 2.39. The van der Waals surface area contributed by atoms with E-state index < -0.39 is 5.92 Å². The third-order valence-electron chi connectivity index (χ3n) is 5.32. The first-order chi connectivity index (χ1) is 14.1. The van der Waals surface area contributed by atoms with Gasteiger partial charge in [0.15, 0.2) is 0 Å². The van der Waals surface area contributed by atoms with Crippen molar-refractivity contribution in [2.24, 2.45) is 5.92 Å². The number of nitrogens with one attached hydrogen (secondary N) is 1. The van der Waals surface area contributed by atoms with Gasteiger partial charge in [0.25, 0.3) is 0 Å². The van der Waals surface area contributed by atoms with Gasteiger partial charge in [0.1, 0.15) is 11.5 Å².